The zero-order valence-corrected chi connectivity index (χ0v) is 27.1. The molecule has 194 valence electrons. The Morgan fingerprint density at radius 1 is 0.973 bits per heavy atom. The number of benzene rings is 2. The summed E-state index contributed by atoms with van der Waals surface area (Å²) in [6, 6.07) is 7.23. The summed E-state index contributed by atoms with van der Waals surface area (Å²) in [5, 5.41) is 23.5. The van der Waals surface area contributed by atoms with E-state index in [0.717, 1.165) is 0 Å². The Morgan fingerprint density at radius 2 is 1.62 bits per heavy atom. The van der Waals surface area contributed by atoms with Crippen LogP contribution in [0.4, 0.5) is 17.1 Å². The summed E-state index contributed by atoms with van der Waals surface area (Å²) in [7, 11) is -5.72. The maximum atomic E-state index is 12.7. The number of nitrogens with zero attached hydrogens (tertiary/aromatic N) is 2. The molecule has 1 N–H and O–H groups in total. The van der Waals surface area contributed by atoms with Crippen LogP contribution in [-0.2, 0) is 33.5 Å². The molecule has 0 amide bonds. The molecule has 0 heterocycles. The fourth-order valence-corrected chi connectivity index (χ4v) is 4.57. The van der Waals surface area contributed by atoms with Crippen molar-refractivity contribution < 1.29 is 109 Å². The third kappa shape index (κ3) is 12.0. The van der Waals surface area contributed by atoms with Crippen molar-refractivity contribution in [2.45, 2.75) is 11.8 Å². The van der Waals surface area contributed by atoms with E-state index >= 15 is 0 Å². The van der Waals surface area contributed by atoms with E-state index < -0.39 is 31.6 Å². The summed E-state index contributed by atoms with van der Waals surface area (Å²) in [6.45, 7) is 1.39. The Bertz CT molecular complexity index is 1260. The van der Waals surface area contributed by atoms with Crippen LogP contribution in [0.3, 0.4) is 0 Å². The van der Waals surface area contributed by atoms with Crippen molar-refractivity contribution >= 4 is 49.3 Å². The van der Waals surface area contributed by atoms with Gasteiger partial charge in [0.1, 0.15) is 38.1 Å². The Labute approximate surface area is 263 Å². The van der Waals surface area contributed by atoms with Crippen molar-refractivity contribution in [1.82, 2.24) is 0 Å². The summed E-state index contributed by atoms with van der Waals surface area (Å²) in [5.41, 5.74) is 1.63. The van der Waals surface area contributed by atoms with Crippen molar-refractivity contribution in [2.75, 3.05) is 37.8 Å². The molecular formula is C18H21N3Na2O11S3. The predicted octanol–water partition coefficient (Wildman–Crippen LogP) is -4.07. The monoisotopic (exact) mass is 597 g/mol. The molecule has 37 heavy (non-hydrogen) atoms. The first-order valence-corrected chi connectivity index (χ1v) is 13.3. The topological polar surface area (TPSA) is 197 Å². The molecule has 0 saturated carbocycles. The van der Waals surface area contributed by atoms with Gasteiger partial charge in [0.2, 0.25) is 0 Å². The molecule has 0 aliphatic carbocycles. The second-order valence-corrected chi connectivity index (χ2v) is 10.6. The average molecular weight is 598 g/mol. The number of hydrogen-bond donors (Lipinski definition) is 1. The van der Waals surface area contributed by atoms with Crippen LogP contribution in [0, 0.1) is 6.92 Å². The number of ether oxygens (including phenoxy) is 2. The Hall–Kier alpha value is -0.510. The summed E-state index contributed by atoms with van der Waals surface area (Å²) < 4.78 is 76.9. The minimum absolute atomic E-state index is 0. The van der Waals surface area contributed by atoms with Gasteiger partial charge in [0, 0.05) is 17.8 Å². The Balaban J connectivity index is 0.00000648. The number of azo groups is 1. The normalized spacial score (nSPS) is 11.5. The summed E-state index contributed by atoms with van der Waals surface area (Å²) in [5.74, 6) is -1.13. The maximum absolute atomic E-state index is 12.7. The van der Waals surface area contributed by atoms with Crippen molar-refractivity contribution in [3.63, 3.8) is 0 Å². The molecule has 2 rings (SSSR count). The van der Waals surface area contributed by atoms with E-state index in [0.29, 0.717) is 16.9 Å². The van der Waals surface area contributed by atoms with Crippen molar-refractivity contribution in [3.8, 4) is 11.5 Å². The molecular weight excluding hydrogens is 576 g/mol. The van der Waals surface area contributed by atoms with Crippen LogP contribution in [0.25, 0.3) is 0 Å². The fourth-order valence-electron chi connectivity index (χ4n) is 2.65. The quantitative estimate of drug-likeness (QED) is 0.0420. The number of rotatable bonds is 14. The van der Waals surface area contributed by atoms with E-state index in [-0.39, 0.29) is 100 Å². The number of methoxy groups -OCH3 is 2. The molecule has 0 aliphatic rings. The molecule has 0 fully saturated rings. The smallest absolute Gasteiger partial charge is 0.747 e. The van der Waals surface area contributed by atoms with Crippen LogP contribution in [0.5, 0.6) is 11.5 Å². The molecule has 0 aromatic heterocycles. The van der Waals surface area contributed by atoms with Gasteiger partial charge in [-0.05, 0) is 30.7 Å². The van der Waals surface area contributed by atoms with Gasteiger partial charge < -0.3 is 24.6 Å². The van der Waals surface area contributed by atoms with Crippen LogP contribution >= 0.6 is 12.3 Å². The van der Waals surface area contributed by atoms with E-state index in [1.165, 1.54) is 32.4 Å². The summed E-state index contributed by atoms with van der Waals surface area (Å²) >= 11 is 0.192. The van der Waals surface area contributed by atoms with Crippen LogP contribution in [0.2, 0.25) is 0 Å². The van der Waals surface area contributed by atoms with Crippen LogP contribution in [0.15, 0.2) is 45.5 Å². The number of nitrogens with one attached hydrogen (secondary N) is 1. The van der Waals surface area contributed by atoms with Crippen LogP contribution in [0.1, 0.15) is 5.56 Å². The standard InChI is InChI=1S/C18H23N3O11S3.2Na/c1-12-8-13(19-11-35(25,26)27)4-5-14(12)20-21-15-9-17(29-3)18(10-16(15)28-2)34(23,24)7-6-30-33-32-31-22;;/h4-5,8-10,19,22H,6-7,11H2,1-3H3,(H,25,26,27);;/q;2*+1/p-2. The Kier molecular flexibility index (Phi) is 17.0. The second-order valence-electron chi connectivity index (χ2n) is 6.60. The number of sulfone groups is 1. The molecule has 2 aromatic carbocycles. The SMILES string of the molecule is COc1cc(S(=O)(=O)CCOSOO[O-])c(OC)cc1N=Nc1ccc(NCS(=O)(=O)[O-])cc1C.[Na+].[Na+]. The van der Waals surface area contributed by atoms with E-state index in [1.807, 2.05) is 0 Å². The van der Waals surface area contributed by atoms with E-state index in [9.17, 15) is 26.6 Å². The van der Waals surface area contributed by atoms with E-state index in [4.69, 9.17) is 13.7 Å². The Morgan fingerprint density at radius 3 is 2.19 bits per heavy atom. The van der Waals surface area contributed by atoms with Crippen LogP contribution in [-0.4, -0.2) is 53.8 Å². The minimum Gasteiger partial charge on any atom is -0.747 e. The molecule has 0 aliphatic heterocycles. The number of hydrogen-bond acceptors (Lipinski definition) is 15. The van der Waals surface area contributed by atoms with Gasteiger partial charge in [0.15, 0.2) is 22.2 Å². The van der Waals surface area contributed by atoms with Crippen molar-refractivity contribution in [3.05, 3.63) is 35.9 Å². The maximum Gasteiger partial charge on any atom is 1.00 e. The third-order valence-corrected chi connectivity index (χ3v) is 6.82. The van der Waals surface area contributed by atoms with Crippen molar-refractivity contribution in [1.29, 1.82) is 0 Å². The van der Waals surface area contributed by atoms with Gasteiger partial charge in [-0.25, -0.2) is 16.8 Å². The van der Waals surface area contributed by atoms with Crippen LogP contribution < -0.4 is 79.2 Å². The molecule has 0 radical (unpaired) electrons. The predicted molar refractivity (Wildman–Crippen MR) is 121 cm³/mol. The largest absolute Gasteiger partial charge is 1.00 e. The van der Waals surface area contributed by atoms with Gasteiger partial charge in [0.25, 0.3) is 0 Å². The number of anilines is 1. The van der Waals surface area contributed by atoms with Gasteiger partial charge >= 0.3 is 59.1 Å². The summed E-state index contributed by atoms with van der Waals surface area (Å²) in [6.07, 6.45) is 0. The zero-order valence-electron chi connectivity index (χ0n) is 20.6. The second kappa shape index (κ2) is 17.2. The van der Waals surface area contributed by atoms with E-state index in [1.54, 1.807) is 19.1 Å². The van der Waals surface area contributed by atoms with E-state index in [2.05, 4.69) is 24.9 Å². The number of aryl methyl sites for hydroxylation is 1. The third-order valence-electron chi connectivity index (χ3n) is 4.25. The van der Waals surface area contributed by atoms with Gasteiger partial charge in [0.05, 0.1) is 32.3 Å². The first-order valence-electron chi connectivity index (χ1n) is 9.44. The van der Waals surface area contributed by atoms with Gasteiger partial charge in [-0.15, -0.1) is 9.45 Å². The molecule has 19 heteroatoms. The van der Waals surface area contributed by atoms with Crippen molar-refractivity contribution in [2.24, 2.45) is 10.2 Å². The molecule has 0 atom stereocenters. The first-order chi connectivity index (χ1) is 16.5. The van der Waals surface area contributed by atoms with Gasteiger partial charge in [-0.3, -0.25) is 9.22 Å². The van der Waals surface area contributed by atoms with Gasteiger partial charge in [-0.2, -0.15) is 5.11 Å². The summed E-state index contributed by atoms with van der Waals surface area (Å²) in [4.78, 5) is -0.176. The molecule has 0 saturated heterocycles. The molecule has 0 bridgehead atoms. The van der Waals surface area contributed by atoms with Gasteiger partial charge in [-0.1, -0.05) is 0 Å². The average Bonchev–Trinajstić information content (AvgIpc) is 2.80. The molecule has 2 aromatic rings. The molecule has 0 unspecified atom stereocenters. The molecule has 0 spiro atoms. The minimum atomic E-state index is -4.43. The molecule has 14 nitrogen and oxygen atoms in total. The first kappa shape index (κ1) is 36.5. The fraction of sp³-hybridized carbons (Fsp3) is 0.333. The zero-order chi connectivity index (χ0) is 26.1.